The van der Waals surface area contributed by atoms with Gasteiger partial charge in [-0.25, -0.2) is 13.6 Å². The van der Waals surface area contributed by atoms with Crippen molar-refractivity contribution in [1.82, 2.24) is 5.32 Å². The Morgan fingerprint density at radius 2 is 2.20 bits per heavy atom. The molecule has 2 rings (SSSR count). The van der Waals surface area contributed by atoms with E-state index in [1.165, 1.54) is 18.2 Å². The Labute approximate surface area is 122 Å². The van der Waals surface area contributed by atoms with Gasteiger partial charge in [0.25, 0.3) is 0 Å². The van der Waals surface area contributed by atoms with Crippen molar-refractivity contribution >= 4 is 33.2 Å². The molecule has 0 saturated carbocycles. The summed E-state index contributed by atoms with van der Waals surface area (Å²) < 4.78 is 22.6. The van der Waals surface area contributed by atoms with Crippen LogP contribution < -0.4 is 15.8 Å². The maximum Gasteiger partial charge on any atom is 0.238 e. The highest BCUT2D eigenvalue weighted by Crippen LogP contribution is 2.25. The Balaban J connectivity index is 2.18. The van der Waals surface area contributed by atoms with Gasteiger partial charge >= 0.3 is 0 Å². The lowest BCUT2D eigenvalue weighted by molar-refractivity contribution is -0.120. The van der Waals surface area contributed by atoms with E-state index in [1.807, 2.05) is 0 Å². The molecule has 0 spiro atoms. The molecule has 0 aromatic heterocycles. The minimum absolute atomic E-state index is 0.0843. The molecule has 1 heterocycles. The van der Waals surface area contributed by atoms with Gasteiger partial charge in [-0.05, 0) is 37.6 Å². The van der Waals surface area contributed by atoms with Crippen LogP contribution in [0.25, 0.3) is 0 Å². The zero-order valence-corrected chi connectivity index (χ0v) is 12.3. The highest BCUT2D eigenvalue weighted by molar-refractivity contribution is 7.89. The van der Waals surface area contributed by atoms with Crippen molar-refractivity contribution in [2.45, 2.75) is 17.7 Å². The Kier molecular flexibility index (Phi) is 4.64. The first-order chi connectivity index (χ1) is 9.38. The van der Waals surface area contributed by atoms with Crippen molar-refractivity contribution in [3.8, 4) is 0 Å². The summed E-state index contributed by atoms with van der Waals surface area (Å²) in [4.78, 5) is 12.0. The number of carbonyl (C=O) groups excluding carboxylic acids is 1. The summed E-state index contributed by atoms with van der Waals surface area (Å²) in [5.74, 6) is -0.316. The van der Waals surface area contributed by atoms with Crippen LogP contribution in [0.3, 0.4) is 0 Å². The largest absolute Gasteiger partial charge is 0.324 e. The molecule has 1 aliphatic rings. The monoisotopic (exact) mass is 317 g/mol. The highest BCUT2D eigenvalue weighted by Gasteiger charge is 2.22. The fourth-order valence-electron chi connectivity index (χ4n) is 2.09. The average Bonchev–Trinajstić information content (AvgIpc) is 2.41. The molecule has 6 nitrogen and oxygen atoms in total. The molecule has 1 amide bonds. The molecule has 0 unspecified atom stereocenters. The molecule has 1 fully saturated rings. The second-order valence-electron chi connectivity index (χ2n) is 4.72. The average molecular weight is 318 g/mol. The Hall–Kier alpha value is -1.15. The molecule has 1 aromatic rings. The molecule has 1 atom stereocenters. The first-order valence-corrected chi connectivity index (χ1v) is 8.14. The molecule has 1 saturated heterocycles. The van der Waals surface area contributed by atoms with Crippen LogP contribution in [0.4, 0.5) is 5.69 Å². The number of hydrogen-bond acceptors (Lipinski definition) is 4. The van der Waals surface area contributed by atoms with Gasteiger partial charge in [0.05, 0.1) is 21.5 Å². The number of anilines is 1. The summed E-state index contributed by atoms with van der Waals surface area (Å²) in [5.41, 5.74) is 0.258. The number of hydrogen-bond donors (Lipinski definition) is 3. The van der Waals surface area contributed by atoms with Gasteiger partial charge in [0, 0.05) is 6.54 Å². The maximum atomic E-state index is 12.1. The highest BCUT2D eigenvalue weighted by atomic mass is 35.5. The Morgan fingerprint density at radius 3 is 2.80 bits per heavy atom. The number of nitrogens with one attached hydrogen (secondary N) is 2. The topological polar surface area (TPSA) is 101 Å². The predicted molar refractivity (Wildman–Crippen MR) is 77.0 cm³/mol. The number of nitrogens with two attached hydrogens (primary N) is 1. The van der Waals surface area contributed by atoms with Crippen molar-refractivity contribution in [2.75, 3.05) is 18.4 Å². The van der Waals surface area contributed by atoms with E-state index in [9.17, 15) is 13.2 Å². The van der Waals surface area contributed by atoms with Gasteiger partial charge in [-0.15, -0.1) is 0 Å². The summed E-state index contributed by atoms with van der Waals surface area (Å²) in [6.45, 7) is 1.52. The third-order valence-corrected chi connectivity index (χ3v) is 4.43. The molecule has 0 aliphatic carbocycles. The van der Waals surface area contributed by atoms with Crippen molar-refractivity contribution < 1.29 is 13.2 Å². The minimum atomic E-state index is -3.83. The van der Waals surface area contributed by atoms with Crippen LogP contribution in [0.1, 0.15) is 12.8 Å². The number of amides is 1. The third kappa shape index (κ3) is 3.69. The molecule has 110 valence electrons. The zero-order chi connectivity index (χ0) is 14.8. The van der Waals surface area contributed by atoms with Crippen molar-refractivity contribution in [3.63, 3.8) is 0 Å². The number of primary sulfonamides is 1. The van der Waals surface area contributed by atoms with E-state index in [0.29, 0.717) is 6.54 Å². The fourth-order valence-corrected chi connectivity index (χ4v) is 2.79. The fraction of sp³-hybridized carbons (Fsp3) is 0.417. The van der Waals surface area contributed by atoms with Crippen molar-refractivity contribution in [1.29, 1.82) is 0 Å². The van der Waals surface area contributed by atoms with Crippen LogP contribution in [0, 0.1) is 5.92 Å². The SMILES string of the molecule is NS(=O)(=O)c1ccc(Cl)c(NC(=O)[C@@H]2CCCNC2)c1. The second-order valence-corrected chi connectivity index (χ2v) is 6.69. The first-order valence-electron chi connectivity index (χ1n) is 6.22. The number of carbonyl (C=O) groups is 1. The number of piperidine rings is 1. The summed E-state index contributed by atoms with van der Waals surface area (Å²) >= 11 is 5.96. The van der Waals surface area contributed by atoms with E-state index < -0.39 is 10.0 Å². The van der Waals surface area contributed by atoms with Crippen molar-refractivity contribution in [2.24, 2.45) is 11.1 Å². The maximum absolute atomic E-state index is 12.1. The van der Waals surface area contributed by atoms with Crippen molar-refractivity contribution in [3.05, 3.63) is 23.2 Å². The minimum Gasteiger partial charge on any atom is -0.324 e. The molecular formula is C12H16ClN3O3S. The molecule has 0 bridgehead atoms. The van der Waals surface area contributed by atoms with E-state index in [1.54, 1.807) is 0 Å². The van der Waals surface area contributed by atoms with Gasteiger partial charge in [0.1, 0.15) is 0 Å². The molecule has 0 radical (unpaired) electrons. The van der Waals surface area contributed by atoms with Crippen LogP contribution in [0.15, 0.2) is 23.1 Å². The lowest BCUT2D eigenvalue weighted by atomic mass is 9.99. The zero-order valence-electron chi connectivity index (χ0n) is 10.7. The van der Waals surface area contributed by atoms with Gasteiger partial charge in [-0.2, -0.15) is 0 Å². The summed E-state index contributed by atoms with van der Waals surface area (Å²) in [5, 5.41) is 11.1. The molecule has 20 heavy (non-hydrogen) atoms. The smallest absolute Gasteiger partial charge is 0.238 e. The normalized spacial score (nSPS) is 19.6. The second kappa shape index (κ2) is 6.09. The Bertz CT molecular complexity index is 612. The van der Waals surface area contributed by atoms with Gasteiger partial charge < -0.3 is 10.6 Å². The predicted octanol–water partition coefficient (Wildman–Crippen LogP) is 0.925. The third-order valence-electron chi connectivity index (χ3n) is 3.19. The molecule has 1 aliphatic heterocycles. The standard InChI is InChI=1S/C12H16ClN3O3S/c13-10-4-3-9(20(14,18)19)6-11(10)16-12(17)8-2-1-5-15-7-8/h3-4,6,8,15H,1-2,5,7H2,(H,16,17)(H2,14,18,19)/t8-/m1/s1. The molecule has 8 heteroatoms. The quantitative estimate of drug-likeness (QED) is 0.771. The van der Waals surface area contributed by atoms with Gasteiger partial charge in [-0.3, -0.25) is 4.79 Å². The molecule has 1 aromatic carbocycles. The lowest BCUT2D eigenvalue weighted by Crippen LogP contribution is -2.37. The van der Waals surface area contributed by atoms with Crippen LogP contribution in [0.2, 0.25) is 5.02 Å². The molecule has 4 N–H and O–H groups in total. The van der Waals surface area contributed by atoms with Gasteiger partial charge in [0.2, 0.25) is 15.9 Å². The Morgan fingerprint density at radius 1 is 1.45 bits per heavy atom. The summed E-state index contributed by atoms with van der Waals surface area (Å²) in [6, 6.07) is 3.97. The van der Waals surface area contributed by atoms with E-state index in [2.05, 4.69) is 10.6 Å². The summed E-state index contributed by atoms with van der Waals surface area (Å²) in [6.07, 6.45) is 1.73. The van der Waals surface area contributed by atoms with E-state index in [-0.39, 0.29) is 27.4 Å². The first kappa shape index (κ1) is 15.2. The number of sulfonamides is 1. The lowest BCUT2D eigenvalue weighted by Gasteiger charge is -2.22. The molecular weight excluding hydrogens is 302 g/mol. The van der Waals surface area contributed by atoms with Crippen LogP contribution in [0.5, 0.6) is 0 Å². The van der Waals surface area contributed by atoms with Crippen LogP contribution in [-0.2, 0) is 14.8 Å². The van der Waals surface area contributed by atoms with E-state index in [4.69, 9.17) is 16.7 Å². The van der Waals surface area contributed by atoms with E-state index >= 15 is 0 Å². The van der Waals surface area contributed by atoms with Crippen LogP contribution >= 0.6 is 11.6 Å². The van der Waals surface area contributed by atoms with Gasteiger partial charge in [0.15, 0.2) is 0 Å². The van der Waals surface area contributed by atoms with Crippen LogP contribution in [-0.4, -0.2) is 27.4 Å². The summed E-state index contributed by atoms with van der Waals surface area (Å²) in [7, 11) is -3.83. The van der Waals surface area contributed by atoms with E-state index in [0.717, 1.165) is 19.4 Å². The number of rotatable bonds is 3. The number of benzene rings is 1. The van der Waals surface area contributed by atoms with Gasteiger partial charge in [-0.1, -0.05) is 11.6 Å². The number of halogens is 1.